The van der Waals surface area contributed by atoms with Gasteiger partial charge in [0, 0.05) is 12.6 Å². The van der Waals surface area contributed by atoms with E-state index in [1.54, 1.807) is 27.7 Å². The molecule has 2 rings (SSSR count). The molecule has 0 bridgehead atoms. The number of nitrogens with two attached hydrogens (primary N) is 1. The monoisotopic (exact) mass is 517 g/mol. The van der Waals surface area contributed by atoms with Crippen LogP contribution in [0.15, 0.2) is 17.1 Å². The minimum Gasteiger partial charge on any atom is -0.462 e. The van der Waals surface area contributed by atoms with Crippen molar-refractivity contribution >= 4 is 25.2 Å². The minimum absolute atomic E-state index is 0.102. The molecule has 1 aromatic heterocycles. The van der Waals surface area contributed by atoms with Crippen LogP contribution in [-0.2, 0) is 33.1 Å². The van der Waals surface area contributed by atoms with Gasteiger partial charge in [0.05, 0.1) is 24.9 Å². The fraction of sp³-hybridized carbons (Fsp3) is 0.714. The molecule has 0 amide bonds. The number of ether oxygens (including phenoxy) is 4. The van der Waals surface area contributed by atoms with Crippen molar-refractivity contribution in [3.63, 3.8) is 0 Å². The first-order chi connectivity index (χ1) is 16.3. The summed E-state index contributed by atoms with van der Waals surface area (Å²) in [4.78, 5) is 40.3. The van der Waals surface area contributed by atoms with Crippen LogP contribution in [0.5, 0.6) is 0 Å². The quantitative estimate of drug-likeness (QED) is 0.267. The van der Waals surface area contributed by atoms with Crippen LogP contribution in [0.25, 0.3) is 0 Å². The lowest BCUT2D eigenvalue weighted by atomic mass is 10.3. The molecule has 1 aliphatic rings. The summed E-state index contributed by atoms with van der Waals surface area (Å²) in [6.07, 6.45) is -0.417. The van der Waals surface area contributed by atoms with Gasteiger partial charge in [-0.1, -0.05) is 0 Å². The van der Waals surface area contributed by atoms with Crippen LogP contribution in [0.4, 0.5) is 5.82 Å². The highest BCUT2D eigenvalue weighted by molar-refractivity contribution is 7.59. The Morgan fingerprint density at radius 2 is 1.69 bits per heavy atom. The Hall–Kier alpha value is -2.31. The largest absolute Gasteiger partial charge is 0.462 e. The average Bonchev–Trinajstić information content (AvgIpc) is 3.20. The molecule has 35 heavy (non-hydrogen) atoms. The van der Waals surface area contributed by atoms with Crippen molar-refractivity contribution in [1.29, 1.82) is 0 Å². The average molecular weight is 518 g/mol. The number of carbonyl (C=O) groups is 2. The Bertz CT molecular complexity index is 951. The third-order valence-electron chi connectivity index (χ3n) is 4.81. The molecule has 1 aliphatic heterocycles. The van der Waals surface area contributed by atoms with Gasteiger partial charge in [0.1, 0.15) is 30.5 Å². The highest BCUT2D eigenvalue weighted by Gasteiger charge is 2.35. The number of carbonyl (C=O) groups excluding carboxylic acids is 2. The van der Waals surface area contributed by atoms with Crippen LogP contribution in [0.3, 0.4) is 0 Å². The molecule has 0 spiro atoms. The zero-order valence-electron chi connectivity index (χ0n) is 20.9. The first-order valence-electron chi connectivity index (χ1n) is 11.4. The number of aromatic nitrogens is 2. The Morgan fingerprint density at radius 1 is 1.14 bits per heavy atom. The fourth-order valence-electron chi connectivity index (χ4n) is 3.26. The molecule has 14 heteroatoms. The van der Waals surface area contributed by atoms with Gasteiger partial charge in [0.15, 0.2) is 0 Å². The predicted molar refractivity (Wildman–Crippen MR) is 128 cm³/mol. The highest BCUT2D eigenvalue weighted by atomic mass is 31.2. The number of hydrogen-bond donors (Lipinski definition) is 3. The lowest BCUT2D eigenvalue weighted by molar-refractivity contribution is -0.149. The lowest BCUT2D eigenvalue weighted by Gasteiger charge is -2.27. The maximum atomic E-state index is 13.7. The van der Waals surface area contributed by atoms with Gasteiger partial charge < -0.3 is 24.7 Å². The van der Waals surface area contributed by atoms with Crippen molar-refractivity contribution in [3.05, 3.63) is 22.7 Å². The van der Waals surface area contributed by atoms with Crippen LogP contribution >= 0.6 is 7.44 Å². The van der Waals surface area contributed by atoms with E-state index in [9.17, 15) is 18.9 Å². The van der Waals surface area contributed by atoms with Crippen LogP contribution in [0, 0.1) is 0 Å². The zero-order valence-corrected chi connectivity index (χ0v) is 21.8. The predicted octanol–water partition coefficient (Wildman–Crippen LogP) is 1.14. The molecule has 1 aromatic rings. The van der Waals surface area contributed by atoms with Crippen LogP contribution in [0.2, 0.25) is 0 Å². The Kier molecular flexibility index (Phi) is 10.4. The van der Waals surface area contributed by atoms with Gasteiger partial charge in [-0.25, -0.2) is 15.0 Å². The Balaban J connectivity index is 2.08. The molecule has 1 saturated heterocycles. The maximum Gasteiger partial charge on any atom is 0.351 e. The van der Waals surface area contributed by atoms with Gasteiger partial charge in [-0.3, -0.25) is 18.7 Å². The van der Waals surface area contributed by atoms with Crippen LogP contribution < -0.4 is 21.6 Å². The molecular formula is C21H36N5O8P. The SMILES string of the molecule is CC(C)OC(=O)[C@H](C)NP(=O)(CO[C@H]1CO[C@@H](n2ccc(N)nc2=O)C1)N[C@@H](C)C(=O)OC(C)C. The van der Waals surface area contributed by atoms with Gasteiger partial charge in [-0.05, 0) is 47.6 Å². The van der Waals surface area contributed by atoms with Gasteiger partial charge in [-0.2, -0.15) is 4.98 Å². The zero-order chi connectivity index (χ0) is 26.3. The minimum atomic E-state index is -3.66. The molecule has 2 heterocycles. The van der Waals surface area contributed by atoms with E-state index in [1.807, 2.05) is 0 Å². The second kappa shape index (κ2) is 12.6. The van der Waals surface area contributed by atoms with Gasteiger partial charge >= 0.3 is 17.6 Å². The second-order valence-corrected chi connectivity index (χ2v) is 11.2. The number of rotatable bonds is 12. The van der Waals surface area contributed by atoms with Crippen LogP contribution in [-0.4, -0.2) is 64.8 Å². The van der Waals surface area contributed by atoms with E-state index < -0.39 is 49.5 Å². The standard InChI is InChI=1S/C21H36N5O8P/c1-12(2)33-19(27)14(5)24-35(30,25-15(6)20(28)34-13(3)4)11-32-16-9-18(31-10-16)26-8-7-17(22)23-21(26)29/h7-8,12-16,18H,9-11H2,1-6H3,(H2,22,23,29)(H2,24,25,30)/t14-,15-,16+,18+/m0/s1. The number of hydrogen-bond acceptors (Lipinski definition) is 10. The van der Waals surface area contributed by atoms with Gasteiger partial charge in [-0.15, -0.1) is 0 Å². The summed E-state index contributed by atoms with van der Waals surface area (Å²) in [5.41, 5.74) is 4.97. The van der Waals surface area contributed by atoms with Gasteiger partial charge in [0.2, 0.25) is 7.44 Å². The molecule has 1 fully saturated rings. The second-order valence-electron chi connectivity index (χ2n) is 8.90. The first kappa shape index (κ1) is 28.9. The molecule has 0 aliphatic carbocycles. The molecule has 0 aromatic carbocycles. The number of nitrogens with zero attached hydrogens (tertiary/aromatic N) is 2. The first-order valence-corrected chi connectivity index (χ1v) is 13.3. The molecule has 198 valence electrons. The maximum absolute atomic E-state index is 13.7. The number of esters is 2. The van der Waals surface area contributed by atoms with E-state index >= 15 is 0 Å². The summed E-state index contributed by atoms with van der Waals surface area (Å²) in [5, 5.41) is 5.47. The van der Waals surface area contributed by atoms with E-state index in [-0.39, 0.29) is 31.0 Å². The molecule has 4 atom stereocenters. The third kappa shape index (κ3) is 9.01. The van der Waals surface area contributed by atoms with Crippen molar-refractivity contribution in [1.82, 2.24) is 19.7 Å². The molecule has 4 N–H and O–H groups in total. The smallest absolute Gasteiger partial charge is 0.351 e. The van der Waals surface area contributed by atoms with Crippen molar-refractivity contribution in [2.45, 2.75) is 84.6 Å². The van der Waals surface area contributed by atoms with E-state index in [4.69, 9.17) is 24.7 Å². The fourth-order valence-corrected chi connectivity index (χ4v) is 5.36. The van der Waals surface area contributed by atoms with E-state index in [1.165, 1.54) is 30.7 Å². The summed E-state index contributed by atoms with van der Waals surface area (Å²) in [6, 6.07) is -0.407. The van der Waals surface area contributed by atoms with Crippen molar-refractivity contribution in [3.8, 4) is 0 Å². The number of anilines is 1. The Morgan fingerprint density at radius 3 is 2.17 bits per heavy atom. The van der Waals surface area contributed by atoms with Gasteiger partial charge in [0.25, 0.3) is 0 Å². The normalized spacial score (nSPS) is 20.1. The van der Waals surface area contributed by atoms with E-state index in [0.29, 0.717) is 6.42 Å². The molecule has 0 radical (unpaired) electrons. The molecule has 0 unspecified atom stereocenters. The van der Waals surface area contributed by atoms with Crippen molar-refractivity contribution < 1.29 is 33.1 Å². The summed E-state index contributed by atoms with van der Waals surface area (Å²) < 4.78 is 36.8. The van der Waals surface area contributed by atoms with Crippen molar-refractivity contribution in [2.75, 3.05) is 18.7 Å². The van der Waals surface area contributed by atoms with E-state index in [2.05, 4.69) is 15.2 Å². The number of nitrogens with one attached hydrogen (secondary N) is 2. The summed E-state index contributed by atoms with van der Waals surface area (Å²) in [6.45, 7) is 9.96. The molecule has 0 saturated carbocycles. The Labute approximate surface area is 204 Å². The van der Waals surface area contributed by atoms with Crippen molar-refractivity contribution in [2.24, 2.45) is 0 Å². The topological polar surface area (TPSA) is 173 Å². The number of nitrogen functional groups attached to an aromatic ring is 1. The van der Waals surface area contributed by atoms with Crippen LogP contribution in [0.1, 0.15) is 54.2 Å². The van der Waals surface area contributed by atoms with E-state index in [0.717, 1.165) is 0 Å². The molecular weight excluding hydrogens is 481 g/mol. The summed E-state index contributed by atoms with van der Waals surface area (Å²) >= 11 is 0. The summed E-state index contributed by atoms with van der Waals surface area (Å²) in [5.74, 6) is -1.09. The highest BCUT2D eigenvalue weighted by Crippen LogP contribution is 2.39. The third-order valence-corrected chi connectivity index (χ3v) is 6.93. The molecule has 13 nitrogen and oxygen atoms in total. The summed E-state index contributed by atoms with van der Waals surface area (Å²) in [7, 11) is -3.66. The lowest BCUT2D eigenvalue weighted by Crippen LogP contribution is -2.43.